The molecule has 2 aromatic rings. The van der Waals surface area contributed by atoms with Crippen LogP contribution in [0.3, 0.4) is 0 Å². The fourth-order valence-corrected chi connectivity index (χ4v) is 13.2. The Labute approximate surface area is 382 Å². The van der Waals surface area contributed by atoms with Gasteiger partial charge in [-0.15, -0.1) is 0 Å². The van der Waals surface area contributed by atoms with Gasteiger partial charge in [-0.2, -0.15) is 0 Å². The van der Waals surface area contributed by atoms with Crippen molar-refractivity contribution in [3.05, 3.63) is 65.7 Å². The summed E-state index contributed by atoms with van der Waals surface area (Å²) in [7, 11) is -2.66. The van der Waals surface area contributed by atoms with Gasteiger partial charge in [0.2, 0.25) is 0 Å². The van der Waals surface area contributed by atoms with Gasteiger partial charge in [-0.3, -0.25) is 0 Å². The summed E-state index contributed by atoms with van der Waals surface area (Å²) >= 11 is 0. The molecule has 12 heteroatoms. The van der Waals surface area contributed by atoms with Crippen LogP contribution in [0.1, 0.15) is 131 Å². The Morgan fingerprint density at radius 3 is 2.10 bits per heavy atom. The number of rotatable bonds is 16. The third kappa shape index (κ3) is 10.9. The summed E-state index contributed by atoms with van der Waals surface area (Å²) in [5.74, 6) is -1.44. The standard InChI is InChI=1S/C51H82O10Si2/c1-37-32-50(57-43(36-54-35-38-18-15-14-16-19-38)45(58-50)44(37)59-62(10,11)46(2,3)4)33-42-20-17-27-49(55-42)29-30-51(60-49)48(8,61-63(12,13)47(5,6)7)28-25-41(56-51)26-31-53-34-39-21-23-40(52-9)24-22-39/h14-16,18-19,21-24,37,41-45H,17,20,25-36H2,1-13H3/t37-,41+,42-,43+,44-,45+,48-,49-,50-,51-/m0/s1. The SMILES string of the molecule is COc1ccc(COCC[C@H]2CC[C@](C)(O[Si](C)(C)C(C)(C)C)[C@@]3(CC[C@]4(CCC[C@@H](C[C@]56C[C@H](C)[C@H](O[Si](C)(C)C(C)(C)C)[C@H](O5)[C@@H](COCc5ccccc5)O6)O4)O3)O2)cc1. The molecule has 354 valence electrons. The van der Waals surface area contributed by atoms with Gasteiger partial charge in [0.15, 0.2) is 34.0 Å². The Hall–Kier alpha value is -1.69. The second-order valence-electron chi connectivity index (χ2n) is 22.8. The van der Waals surface area contributed by atoms with E-state index in [-0.39, 0.29) is 46.5 Å². The molecule has 0 radical (unpaired) electrons. The summed E-state index contributed by atoms with van der Waals surface area (Å²) in [5, 5.41) is 0.100. The lowest BCUT2D eigenvalue weighted by Crippen LogP contribution is -2.65. The summed E-state index contributed by atoms with van der Waals surface area (Å²) in [4.78, 5) is 0. The van der Waals surface area contributed by atoms with Crippen LogP contribution in [0.15, 0.2) is 54.6 Å². The van der Waals surface area contributed by atoms with Gasteiger partial charge in [-0.25, -0.2) is 0 Å². The van der Waals surface area contributed by atoms with E-state index in [0.29, 0.717) is 39.3 Å². The second kappa shape index (κ2) is 18.8. The van der Waals surface area contributed by atoms with Gasteiger partial charge in [0.25, 0.3) is 0 Å². The van der Waals surface area contributed by atoms with Gasteiger partial charge in [0, 0.05) is 38.7 Å². The van der Waals surface area contributed by atoms with E-state index in [0.717, 1.165) is 68.2 Å². The second-order valence-corrected chi connectivity index (χ2v) is 32.3. The number of hydrogen-bond acceptors (Lipinski definition) is 10. The van der Waals surface area contributed by atoms with Crippen LogP contribution in [-0.2, 0) is 55.2 Å². The van der Waals surface area contributed by atoms with Crippen molar-refractivity contribution in [2.24, 2.45) is 5.92 Å². The first-order valence-corrected chi connectivity index (χ1v) is 29.9. The lowest BCUT2D eigenvalue weighted by Gasteiger charge is -2.56. The topological polar surface area (TPSA) is 92.3 Å². The molecule has 63 heavy (non-hydrogen) atoms. The minimum atomic E-state index is -2.23. The van der Waals surface area contributed by atoms with E-state index >= 15 is 0 Å². The molecule has 5 saturated heterocycles. The molecule has 5 aliphatic rings. The molecule has 10 nitrogen and oxygen atoms in total. The first kappa shape index (κ1) is 49.2. The van der Waals surface area contributed by atoms with Crippen molar-refractivity contribution >= 4 is 16.6 Å². The maximum Gasteiger partial charge on any atom is 0.199 e. The number of hydrogen-bond donors (Lipinski definition) is 0. The quantitative estimate of drug-likeness (QED) is 0.120. The van der Waals surface area contributed by atoms with Crippen LogP contribution in [-0.4, -0.2) is 90.4 Å². The molecule has 2 bridgehead atoms. The molecule has 0 N–H and O–H groups in total. The number of methoxy groups -OCH3 is 1. The highest BCUT2D eigenvalue weighted by Gasteiger charge is 2.66. The smallest absolute Gasteiger partial charge is 0.199 e. The molecular weight excluding hydrogens is 829 g/mol. The Morgan fingerprint density at radius 1 is 0.730 bits per heavy atom. The lowest BCUT2D eigenvalue weighted by atomic mass is 9.83. The maximum atomic E-state index is 7.44. The number of ether oxygens (including phenoxy) is 8. The van der Waals surface area contributed by atoms with Gasteiger partial charge in [0.05, 0.1) is 45.2 Å². The van der Waals surface area contributed by atoms with Crippen molar-refractivity contribution in [3.8, 4) is 5.75 Å². The fraction of sp³-hybridized carbons (Fsp3) is 0.765. The Morgan fingerprint density at radius 2 is 1.41 bits per heavy atom. The van der Waals surface area contributed by atoms with Gasteiger partial charge in [-0.1, -0.05) is 90.9 Å². The zero-order valence-corrected chi connectivity index (χ0v) is 43.1. The fourth-order valence-electron chi connectivity index (χ4n) is 10.1. The van der Waals surface area contributed by atoms with Gasteiger partial charge in [-0.05, 0) is 104 Å². The Balaban J connectivity index is 1.06. The van der Waals surface area contributed by atoms with E-state index < -0.39 is 39.6 Å². The van der Waals surface area contributed by atoms with Crippen molar-refractivity contribution in [2.75, 3.05) is 20.3 Å². The molecule has 0 amide bonds. The van der Waals surface area contributed by atoms with E-state index in [1.165, 1.54) is 0 Å². The minimum absolute atomic E-state index is 0.0196. The van der Waals surface area contributed by atoms with Crippen LogP contribution in [0.5, 0.6) is 5.75 Å². The van der Waals surface area contributed by atoms with Crippen molar-refractivity contribution in [2.45, 2.75) is 223 Å². The molecule has 0 aliphatic carbocycles. The molecule has 7 rings (SSSR count). The first-order chi connectivity index (χ1) is 29.5. The first-order valence-electron chi connectivity index (χ1n) is 24.1. The third-order valence-corrected chi connectivity index (χ3v) is 24.9. The molecule has 0 unspecified atom stereocenters. The highest BCUT2D eigenvalue weighted by molar-refractivity contribution is 6.74. The average Bonchev–Trinajstić information content (AvgIpc) is 3.71. The predicted octanol–water partition coefficient (Wildman–Crippen LogP) is 11.9. The zero-order chi connectivity index (χ0) is 45.5. The van der Waals surface area contributed by atoms with Crippen LogP contribution in [0.2, 0.25) is 36.3 Å². The van der Waals surface area contributed by atoms with Crippen LogP contribution < -0.4 is 4.74 Å². The molecule has 10 atom stereocenters. The lowest BCUT2D eigenvalue weighted by molar-refractivity contribution is -0.401. The molecule has 2 spiro atoms. The van der Waals surface area contributed by atoms with Gasteiger partial charge >= 0.3 is 0 Å². The van der Waals surface area contributed by atoms with E-state index in [9.17, 15) is 0 Å². The van der Waals surface area contributed by atoms with Crippen molar-refractivity contribution in [1.29, 1.82) is 0 Å². The van der Waals surface area contributed by atoms with Crippen molar-refractivity contribution in [3.63, 3.8) is 0 Å². The molecule has 0 saturated carbocycles. The Bertz CT molecular complexity index is 1800. The van der Waals surface area contributed by atoms with Crippen molar-refractivity contribution in [1.82, 2.24) is 0 Å². The molecular formula is C51H82O10Si2. The average molecular weight is 911 g/mol. The normalized spacial score (nSPS) is 35.1. The highest BCUT2D eigenvalue weighted by Crippen LogP contribution is 2.58. The maximum absolute atomic E-state index is 7.44. The summed E-state index contributed by atoms with van der Waals surface area (Å²) in [6, 6.07) is 18.4. The molecule has 0 aromatic heterocycles. The van der Waals surface area contributed by atoms with Crippen LogP contribution in [0.25, 0.3) is 0 Å². The van der Waals surface area contributed by atoms with E-state index in [2.05, 4.69) is 118 Å². The molecule has 2 aromatic carbocycles. The predicted molar refractivity (Wildman–Crippen MR) is 252 cm³/mol. The van der Waals surface area contributed by atoms with Crippen LogP contribution >= 0.6 is 0 Å². The summed E-state index contributed by atoms with van der Waals surface area (Å²) in [6.07, 6.45) is 7.34. The van der Waals surface area contributed by atoms with Gasteiger partial charge < -0.3 is 46.7 Å². The zero-order valence-electron chi connectivity index (χ0n) is 41.1. The molecule has 5 heterocycles. The minimum Gasteiger partial charge on any atom is -0.497 e. The van der Waals surface area contributed by atoms with Crippen LogP contribution in [0, 0.1) is 5.92 Å². The van der Waals surface area contributed by atoms with E-state index in [1.54, 1.807) is 7.11 Å². The monoisotopic (exact) mass is 911 g/mol. The number of benzene rings is 2. The molecule has 5 fully saturated rings. The van der Waals surface area contributed by atoms with Gasteiger partial charge in [0.1, 0.15) is 23.6 Å². The molecule has 5 aliphatic heterocycles. The van der Waals surface area contributed by atoms with E-state index in [4.69, 9.17) is 46.7 Å². The summed E-state index contributed by atoms with van der Waals surface area (Å²) < 4.78 is 68.7. The highest BCUT2D eigenvalue weighted by atomic mass is 28.4. The largest absolute Gasteiger partial charge is 0.497 e. The summed E-state index contributed by atoms with van der Waals surface area (Å²) in [5.41, 5.74) is 1.63. The van der Waals surface area contributed by atoms with E-state index in [1.807, 2.05) is 18.2 Å². The van der Waals surface area contributed by atoms with Crippen molar-refractivity contribution < 1.29 is 46.7 Å². The third-order valence-electron chi connectivity index (χ3n) is 15.8. The Kier molecular flexibility index (Phi) is 14.7. The number of fused-ring (bicyclic) bond motifs is 2. The van der Waals surface area contributed by atoms with Crippen LogP contribution in [0.4, 0.5) is 0 Å². The summed E-state index contributed by atoms with van der Waals surface area (Å²) in [6.45, 7) is 29.8.